The van der Waals surface area contributed by atoms with E-state index in [-0.39, 0.29) is 61.7 Å². The predicted octanol–water partition coefficient (Wildman–Crippen LogP) is 5.00. The van der Waals surface area contributed by atoms with Gasteiger partial charge in [0.2, 0.25) is 6.54 Å². The summed E-state index contributed by atoms with van der Waals surface area (Å²) in [4.78, 5) is 34.9. The van der Waals surface area contributed by atoms with Gasteiger partial charge in [0.05, 0.1) is 10.9 Å². The van der Waals surface area contributed by atoms with Crippen LogP contribution in [0.3, 0.4) is 0 Å². The van der Waals surface area contributed by atoms with Gasteiger partial charge in [-0.1, -0.05) is 6.58 Å². The highest BCUT2D eigenvalue weighted by Crippen LogP contribution is 2.58. The van der Waals surface area contributed by atoms with E-state index in [1.165, 1.54) is 17.2 Å². The molecule has 2 aliphatic carbocycles. The van der Waals surface area contributed by atoms with E-state index in [1.54, 1.807) is 11.0 Å². The lowest BCUT2D eigenvalue weighted by molar-refractivity contribution is -0.131. The number of ether oxygens (including phenoxy) is 1. The van der Waals surface area contributed by atoms with Crippen LogP contribution in [0.1, 0.15) is 42.7 Å². The third-order valence-electron chi connectivity index (χ3n) is 10.8. The molecule has 3 aliphatic heterocycles. The van der Waals surface area contributed by atoms with Gasteiger partial charge in [-0.25, -0.2) is 24.1 Å². The smallest absolute Gasteiger partial charge is 0.319 e. The highest BCUT2D eigenvalue weighted by molar-refractivity contribution is 5.93. The van der Waals surface area contributed by atoms with E-state index in [0.717, 1.165) is 31.4 Å². The number of benzene rings is 1. The lowest BCUT2D eigenvalue weighted by Gasteiger charge is -2.39. The molecule has 0 spiro atoms. The van der Waals surface area contributed by atoms with Crippen molar-refractivity contribution in [2.45, 2.75) is 55.8 Å². The summed E-state index contributed by atoms with van der Waals surface area (Å²) >= 11 is 0. The fraction of sp³-hybridized carbons (Fsp3) is 0.500. The van der Waals surface area contributed by atoms with Crippen LogP contribution in [0.5, 0.6) is 6.01 Å². The molecule has 5 heterocycles. The molecule has 2 aromatic heterocycles. The van der Waals surface area contributed by atoms with E-state index in [4.69, 9.17) is 16.3 Å². The zero-order valence-corrected chi connectivity index (χ0v) is 25.7. The van der Waals surface area contributed by atoms with Crippen molar-refractivity contribution in [3.05, 3.63) is 64.9 Å². The minimum atomic E-state index is -1.11. The molecule has 2 unspecified atom stereocenters. The number of fused-ring (bicyclic) bond motifs is 5. The molecular weight excluding hydrogens is 614 g/mol. The maximum absolute atomic E-state index is 16.7. The monoisotopic (exact) mass is 647 g/mol. The number of anilines is 1. The number of amides is 1. The van der Waals surface area contributed by atoms with Crippen LogP contribution in [-0.2, 0) is 11.2 Å². The Balaban J connectivity index is 1.20. The van der Waals surface area contributed by atoms with Crippen LogP contribution in [0.2, 0.25) is 0 Å². The number of aromatic nitrogens is 3. The van der Waals surface area contributed by atoms with Gasteiger partial charge in [-0.05, 0) is 67.3 Å². The number of carbonyl (C=O) groups is 1. The first-order chi connectivity index (χ1) is 22.7. The first-order valence-electron chi connectivity index (χ1n) is 16.1. The molecule has 1 saturated carbocycles. The molecule has 8 rings (SSSR count). The molecule has 5 aliphatic rings. The van der Waals surface area contributed by atoms with Crippen molar-refractivity contribution in [1.29, 1.82) is 0 Å². The van der Waals surface area contributed by atoms with Gasteiger partial charge in [0, 0.05) is 44.4 Å². The fourth-order valence-corrected chi connectivity index (χ4v) is 8.46. The minimum Gasteiger partial charge on any atom is -0.461 e. The van der Waals surface area contributed by atoms with E-state index in [2.05, 4.69) is 26.3 Å². The lowest BCUT2D eigenvalue weighted by Crippen LogP contribution is -2.56. The van der Waals surface area contributed by atoms with E-state index in [0.29, 0.717) is 47.6 Å². The number of carbonyl (C=O) groups excluding carboxylic acids is 1. The number of pyridine rings is 1. The Labute approximate surface area is 269 Å². The Bertz CT molecular complexity index is 1870. The molecule has 0 radical (unpaired) electrons. The molecule has 13 heteroatoms. The average molecular weight is 648 g/mol. The van der Waals surface area contributed by atoms with E-state index >= 15 is 4.39 Å². The van der Waals surface area contributed by atoms with Gasteiger partial charge in [-0.15, -0.1) is 0 Å². The number of alkyl halides is 1. The standard InChI is InChI=1S/C34H33F4N7O2/c1-18(35)32(46)45-9-8-43(16-21(45)13-39-2)31-25-14-40-29(22-4-5-26(37)27-23-10-19(23)11-24(22)27)28(38)30(25)41-33(42-31)47-17-34-6-3-7-44(34)15-20(36)12-34/h4-5,14,19-21,23H,1,3,6-13,15-17H2/t19?,20-,21+,23?,34+/m1/s1. The Morgan fingerprint density at radius 3 is 2.85 bits per heavy atom. The summed E-state index contributed by atoms with van der Waals surface area (Å²) < 4.78 is 66.0. The summed E-state index contributed by atoms with van der Waals surface area (Å²) in [5.41, 5.74) is 1.50. The Hall–Kier alpha value is -4.31. The number of nitrogens with zero attached hydrogens (tertiary/aromatic N) is 7. The molecule has 0 bridgehead atoms. The second-order valence-electron chi connectivity index (χ2n) is 13.5. The zero-order chi connectivity index (χ0) is 32.6. The molecule has 3 saturated heterocycles. The van der Waals surface area contributed by atoms with Crippen molar-refractivity contribution in [1.82, 2.24) is 24.8 Å². The number of hydrogen-bond acceptors (Lipinski definition) is 7. The Morgan fingerprint density at radius 1 is 1.19 bits per heavy atom. The summed E-state index contributed by atoms with van der Waals surface area (Å²) in [6.45, 7) is 12.1. The van der Waals surface area contributed by atoms with Gasteiger partial charge >= 0.3 is 6.01 Å². The van der Waals surface area contributed by atoms with Crippen LogP contribution in [-0.4, -0.2) is 94.3 Å². The first-order valence-corrected chi connectivity index (χ1v) is 16.1. The maximum Gasteiger partial charge on any atom is 0.319 e. The second-order valence-corrected chi connectivity index (χ2v) is 13.5. The van der Waals surface area contributed by atoms with Crippen LogP contribution in [0.25, 0.3) is 27.0 Å². The van der Waals surface area contributed by atoms with Gasteiger partial charge in [-0.2, -0.15) is 9.97 Å². The van der Waals surface area contributed by atoms with Crippen LogP contribution in [0, 0.1) is 24.1 Å². The molecule has 5 atom stereocenters. The van der Waals surface area contributed by atoms with Crippen LogP contribution >= 0.6 is 0 Å². The molecule has 0 N–H and O–H groups in total. The van der Waals surface area contributed by atoms with Gasteiger partial charge in [0.1, 0.15) is 41.7 Å². The number of rotatable bonds is 7. The van der Waals surface area contributed by atoms with Gasteiger partial charge < -0.3 is 19.4 Å². The molecule has 1 aromatic carbocycles. The molecular formula is C34H33F4N7O2. The van der Waals surface area contributed by atoms with Gasteiger partial charge in [-0.3, -0.25) is 14.7 Å². The van der Waals surface area contributed by atoms with Crippen molar-refractivity contribution in [3.63, 3.8) is 0 Å². The van der Waals surface area contributed by atoms with Crippen molar-refractivity contribution in [2.24, 2.45) is 5.92 Å². The van der Waals surface area contributed by atoms with Crippen molar-refractivity contribution >= 4 is 22.6 Å². The fourth-order valence-electron chi connectivity index (χ4n) is 8.46. The molecule has 9 nitrogen and oxygen atoms in total. The molecule has 4 fully saturated rings. The summed E-state index contributed by atoms with van der Waals surface area (Å²) in [7, 11) is 0. The average Bonchev–Trinajstić information content (AvgIpc) is 3.36. The van der Waals surface area contributed by atoms with Crippen LogP contribution in [0.4, 0.5) is 23.4 Å². The quantitative estimate of drug-likeness (QED) is 0.203. The third-order valence-corrected chi connectivity index (χ3v) is 10.8. The number of halogens is 4. The maximum atomic E-state index is 16.7. The van der Waals surface area contributed by atoms with Crippen molar-refractivity contribution in [2.75, 3.05) is 50.8 Å². The van der Waals surface area contributed by atoms with Crippen molar-refractivity contribution < 1.29 is 27.1 Å². The largest absolute Gasteiger partial charge is 0.461 e. The van der Waals surface area contributed by atoms with E-state index in [1.807, 2.05) is 0 Å². The molecule has 244 valence electrons. The summed E-state index contributed by atoms with van der Waals surface area (Å²) in [6.07, 6.45) is 4.16. The van der Waals surface area contributed by atoms with Crippen LogP contribution < -0.4 is 9.64 Å². The minimum absolute atomic E-state index is 0.0378. The van der Waals surface area contributed by atoms with Crippen molar-refractivity contribution in [3.8, 4) is 17.3 Å². The first kappa shape index (κ1) is 30.1. The Morgan fingerprint density at radius 2 is 2.04 bits per heavy atom. The molecule has 1 amide bonds. The lowest BCUT2D eigenvalue weighted by atomic mass is 9.95. The SMILES string of the molecule is [C-]#[N+]C[C@H]1CN(c2nc(OC[C@@]34CCCN3C[C@H](F)C4)nc3c(F)c(-c4ccc(F)c5c4CC4CC54)ncc23)CCN1C(=O)C(=C)F. The van der Waals surface area contributed by atoms with E-state index in [9.17, 15) is 18.0 Å². The highest BCUT2D eigenvalue weighted by atomic mass is 19.1. The summed E-state index contributed by atoms with van der Waals surface area (Å²) in [5, 5.41) is 0.293. The molecule has 3 aromatic rings. The third kappa shape index (κ3) is 4.91. The zero-order valence-electron chi connectivity index (χ0n) is 25.7. The second kappa shape index (κ2) is 11.1. The molecule has 47 heavy (non-hydrogen) atoms. The summed E-state index contributed by atoms with van der Waals surface area (Å²) in [6, 6.07) is 2.18. The topological polar surface area (TPSA) is 79.1 Å². The highest BCUT2D eigenvalue weighted by Gasteiger charge is 2.50. The van der Waals surface area contributed by atoms with Gasteiger partial charge in [0.25, 0.3) is 5.91 Å². The predicted molar refractivity (Wildman–Crippen MR) is 165 cm³/mol. The summed E-state index contributed by atoms with van der Waals surface area (Å²) in [5.74, 6) is -2.12. The van der Waals surface area contributed by atoms with Gasteiger partial charge in [0.15, 0.2) is 11.6 Å². The number of piperazine rings is 1. The van der Waals surface area contributed by atoms with Crippen LogP contribution in [0.15, 0.2) is 30.7 Å². The Kier molecular flexibility index (Phi) is 7.13. The normalized spacial score (nSPS) is 27.8. The van der Waals surface area contributed by atoms with E-state index < -0.39 is 35.3 Å². The number of hydrogen-bond donors (Lipinski definition) is 0.